The van der Waals surface area contributed by atoms with Crippen LogP contribution >= 0.6 is 15.9 Å². The number of rotatable bonds is 3. The van der Waals surface area contributed by atoms with Gasteiger partial charge in [0.15, 0.2) is 0 Å². The third kappa shape index (κ3) is 2.94. The molecule has 0 bridgehead atoms. The summed E-state index contributed by atoms with van der Waals surface area (Å²) in [5.74, 6) is 0.773. The van der Waals surface area contributed by atoms with Crippen LogP contribution in [0.2, 0.25) is 0 Å². The lowest BCUT2D eigenvalue weighted by molar-refractivity contribution is 0.870. The second-order valence-electron chi connectivity index (χ2n) is 3.76. The third-order valence-corrected chi connectivity index (χ3v) is 3.01. The van der Waals surface area contributed by atoms with Gasteiger partial charge in [0.25, 0.3) is 0 Å². The summed E-state index contributed by atoms with van der Waals surface area (Å²) in [6.45, 7) is 2.06. The monoisotopic (exact) mass is 292 g/mol. The van der Waals surface area contributed by atoms with Crippen LogP contribution in [0, 0.1) is 0 Å². The van der Waals surface area contributed by atoms with Gasteiger partial charge in [0.2, 0.25) is 0 Å². The molecule has 0 amide bonds. The van der Waals surface area contributed by atoms with Gasteiger partial charge < -0.3 is 11.1 Å². The van der Waals surface area contributed by atoms with Gasteiger partial charge in [0.05, 0.1) is 10.5 Å². The summed E-state index contributed by atoms with van der Waals surface area (Å²) in [4.78, 5) is 8.09. The number of aromatic nitrogens is 2. The molecular formula is C12H13BrN4. The zero-order valence-electron chi connectivity index (χ0n) is 9.39. The van der Waals surface area contributed by atoms with E-state index in [1.54, 1.807) is 6.20 Å². The molecular weight excluding hydrogens is 280 g/mol. The van der Waals surface area contributed by atoms with E-state index in [0.29, 0.717) is 0 Å². The molecule has 0 saturated heterocycles. The minimum atomic E-state index is 0.129. The Labute approximate surface area is 108 Å². The molecule has 0 aliphatic rings. The number of nitrogens with one attached hydrogen (secondary N) is 1. The smallest absolute Gasteiger partial charge is 0.144 e. The standard InChI is InChI=1S/C12H13BrN4/c1-8(9-3-2-4-10(14)5-9)17-12-11(13)6-15-7-16-12/h2-8H,14H2,1H3,(H,15,16,17). The fourth-order valence-corrected chi connectivity index (χ4v) is 1.87. The first kappa shape index (κ1) is 11.9. The summed E-state index contributed by atoms with van der Waals surface area (Å²) in [6.07, 6.45) is 3.22. The zero-order valence-corrected chi connectivity index (χ0v) is 11.0. The maximum absolute atomic E-state index is 5.76. The molecule has 88 valence electrons. The molecule has 3 N–H and O–H groups in total. The second-order valence-corrected chi connectivity index (χ2v) is 4.61. The topological polar surface area (TPSA) is 63.8 Å². The number of halogens is 1. The number of nitrogen functional groups attached to an aromatic ring is 1. The van der Waals surface area contributed by atoms with Crippen molar-refractivity contribution >= 4 is 27.4 Å². The Morgan fingerprint density at radius 2 is 2.24 bits per heavy atom. The molecule has 1 aromatic heterocycles. The predicted molar refractivity (Wildman–Crippen MR) is 72.6 cm³/mol. The molecule has 0 aliphatic carbocycles. The SMILES string of the molecule is CC(Nc1ncncc1Br)c1cccc(N)c1. The minimum Gasteiger partial charge on any atom is -0.399 e. The molecule has 17 heavy (non-hydrogen) atoms. The lowest BCUT2D eigenvalue weighted by Gasteiger charge is -2.15. The Balaban J connectivity index is 2.17. The second kappa shape index (κ2) is 5.14. The fraction of sp³-hybridized carbons (Fsp3) is 0.167. The molecule has 1 unspecified atom stereocenters. The minimum absolute atomic E-state index is 0.129. The highest BCUT2D eigenvalue weighted by Crippen LogP contribution is 2.24. The van der Waals surface area contributed by atoms with Crippen molar-refractivity contribution in [1.82, 2.24) is 9.97 Å². The van der Waals surface area contributed by atoms with Crippen LogP contribution in [0.4, 0.5) is 11.5 Å². The molecule has 0 fully saturated rings. The van der Waals surface area contributed by atoms with Crippen molar-refractivity contribution in [2.75, 3.05) is 11.1 Å². The van der Waals surface area contributed by atoms with Crippen LogP contribution in [-0.2, 0) is 0 Å². The number of hydrogen-bond donors (Lipinski definition) is 2. The average molecular weight is 293 g/mol. The molecule has 1 aromatic carbocycles. The number of nitrogens with two attached hydrogens (primary N) is 1. The van der Waals surface area contributed by atoms with Crippen molar-refractivity contribution in [3.63, 3.8) is 0 Å². The molecule has 5 heteroatoms. The molecule has 1 heterocycles. The van der Waals surface area contributed by atoms with Crippen LogP contribution in [0.1, 0.15) is 18.5 Å². The average Bonchev–Trinajstić information content (AvgIpc) is 2.32. The largest absolute Gasteiger partial charge is 0.399 e. The number of anilines is 2. The maximum Gasteiger partial charge on any atom is 0.144 e. The van der Waals surface area contributed by atoms with Crippen LogP contribution in [0.5, 0.6) is 0 Å². The Morgan fingerprint density at radius 3 is 2.94 bits per heavy atom. The molecule has 2 rings (SSSR count). The van der Waals surface area contributed by atoms with E-state index in [2.05, 4.69) is 38.1 Å². The van der Waals surface area contributed by atoms with Gasteiger partial charge in [0.1, 0.15) is 12.1 Å². The van der Waals surface area contributed by atoms with Gasteiger partial charge in [-0.15, -0.1) is 0 Å². The van der Waals surface area contributed by atoms with E-state index < -0.39 is 0 Å². The highest BCUT2D eigenvalue weighted by atomic mass is 79.9. The lowest BCUT2D eigenvalue weighted by atomic mass is 10.1. The highest BCUT2D eigenvalue weighted by molar-refractivity contribution is 9.10. The van der Waals surface area contributed by atoms with Gasteiger partial charge in [0, 0.05) is 11.9 Å². The van der Waals surface area contributed by atoms with E-state index >= 15 is 0 Å². The van der Waals surface area contributed by atoms with Crippen molar-refractivity contribution < 1.29 is 0 Å². The predicted octanol–water partition coefficient (Wildman–Crippen LogP) is 2.99. The van der Waals surface area contributed by atoms with Crippen LogP contribution in [-0.4, -0.2) is 9.97 Å². The quantitative estimate of drug-likeness (QED) is 0.854. The van der Waals surface area contributed by atoms with Crippen LogP contribution in [0.15, 0.2) is 41.3 Å². The van der Waals surface area contributed by atoms with Crippen LogP contribution in [0.25, 0.3) is 0 Å². The summed E-state index contributed by atoms with van der Waals surface area (Å²) in [5.41, 5.74) is 7.64. The molecule has 0 saturated carbocycles. The molecule has 0 radical (unpaired) electrons. The van der Waals surface area contributed by atoms with Gasteiger partial charge in [-0.05, 0) is 40.5 Å². The van der Waals surface area contributed by atoms with E-state index in [1.165, 1.54) is 6.33 Å². The Morgan fingerprint density at radius 1 is 1.41 bits per heavy atom. The number of benzene rings is 1. The first-order chi connectivity index (χ1) is 8.16. The van der Waals surface area contributed by atoms with E-state index in [1.807, 2.05) is 24.3 Å². The molecule has 0 spiro atoms. The number of nitrogens with zero attached hydrogens (tertiary/aromatic N) is 2. The summed E-state index contributed by atoms with van der Waals surface area (Å²) in [6, 6.07) is 7.93. The lowest BCUT2D eigenvalue weighted by Crippen LogP contribution is -2.08. The van der Waals surface area contributed by atoms with Crippen LogP contribution < -0.4 is 11.1 Å². The van der Waals surface area contributed by atoms with Gasteiger partial charge in [-0.3, -0.25) is 0 Å². The van der Waals surface area contributed by atoms with Crippen molar-refractivity contribution in [1.29, 1.82) is 0 Å². The Hall–Kier alpha value is -1.62. The molecule has 0 aliphatic heterocycles. The Kier molecular flexibility index (Phi) is 3.58. The van der Waals surface area contributed by atoms with Crippen molar-refractivity contribution in [3.05, 3.63) is 46.8 Å². The van der Waals surface area contributed by atoms with Crippen molar-refractivity contribution in [2.45, 2.75) is 13.0 Å². The molecule has 4 nitrogen and oxygen atoms in total. The van der Waals surface area contributed by atoms with Gasteiger partial charge in [-0.1, -0.05) is 12.1 Å². The van der Waals surface area contributed by atoms with E-state index in [4.69, 9.17) is 5.73 Å². The first-order valence-electron chi connectivity index (χ1n) is 5.24. The van der Waals surface area contributed by atoms with Crippen molar-refractivity contribution in [2.24, 2.45) is 0 Å². The maximum atomic E-state index is 5.76. The summed E-state index contributed by atoms with van der Waals surface area (Å²) < 4.78 is 0.843. The van der Waals surface area contributed by atoms with Gasteiger partial charge >= 0.3 is 0 Å². The Bertz CT molecular complexity index is 515. The number of hydrogen-bond acceptors (Lipinski definition) is 4. The normalized spacial score (nSPS) is 12.1. The summed E-state index contributed by atoms with van der Waals surface area (Å²) >= 11 is 3.40. The highest BCUT2D eigenvalue weighted by Gasteiger charge is 2.08. The summed E-state index contributed by atoms with van der Waals surface area (Å²) in [5, 5.41) is 3.30. The zero-order chi connectivity index (χ0) is 12.3. The first-order valence-corrected chi connectivity index (χ1v) is 6.03. The van der Waals surface area contributed by atoms with Crippen molar-refractivity contribution in [3.8, 4) is 0 Å². The van der Waals surface area contributed by atoms with Gasteiger partial charge in [-0.2, -0.15) is 0 Å². The van der Waals surface area contributed by atoms with Crippen LogP contribution in [0.3, 0.4) is 0 Å². The van der Waals surface area contributed by atoms with E-state index in [9.17, 15) is 0 Å². The van der Waals surface area contributed by atoms with E-state index in [0.717, 1.165) is 21.5 Å². The van der Waals surface area contributed by atoms with Gasteiger partial charge in [-0.25, -0.2) is 9.97 Å². The fourth-order valence-electron chi connectivity index (χ4n) is 1.54. The summed E-state index contributed by atoms with van der Waals surface area (Å²) in [7, 11) is 0. The van der Waals surface area contributed by atoms with E-state index in [-0.39, 0.29) is 6.04 Å². The molecule has 2 aromatic rings. The molecule has 1 atom stereocenters. The third-order valence-electron chi connectivity index (χ3n) is 2.43.